The molecule has 0 aliphatic carbocycles. The summed E-state index contributed by atoms with van der Waals surface area (Å²) in [5.41, 5.74) is 5.96. The van der Waals surface area contributed by atoms with Crippen molar-refractivity contribution in [2.45, 2.75) is 0 Å². The number of aromatic carboxylic acids is 1. The van der Waals surface area contributed by atoms with Crippen LogP contribution in [0.25, 0.3) is 0 Å². The Labute approximate surface area is 102 Å². The minimum Gasteiger partial charge on any atom is -0.543 e. The Morgan fingerprint density at radius 3 is 2.56 bits per heavy atom. The maximum Gasteiger partial charge on any atom is 0.276 e. The number of hydrogen-bond donors (Lipinski definition) is 3. The van der Waals surface area contributed by atoms with Crippen LogP contribution in [0.15, 0.2) is 30.6 Å². The Bertz CT molecular complexity index is 589. The van der Waals surface area contributed by atoms with Crippen LogP contribution in [0.3, 0.4) is 0 Å². The lowest BCUT2D eigenvalue weighted by Gasteiger charge is -2.05. The number of aromatic amines is 1. The van der Waals surface area contributed by atoms with Gasteiger partial charge in [-0.05, 0) is 24.3 Å². The van der Waals surface area contributed by atoms with Gasteiger partial charge in [-0.1, -0.05) is 0 Å². The summed E-state index contributed by atoms with van der Waals surface area (Å²) in [6.45, 7) is 0. The molecule has 0 saturated heterocycles. The molecule has 0 saturated carbocycles. The van der Waals surface area contributed by atoms with E-state index < -0.39 is 11.9 Å². The highest BCUT2D eigenvalue weighted by Crippen LogP contribution is 2.12. The third kappa shape index (κ3) is 2.29. The van der Waals surface area contributed by atoms with Crippen molar-refractivity contribution < 1.29 is 14.7 Å². The van der Waals surface area contributed by atoms with Crippen molar-refractivity contribution in [1.29, 1.82) is 0 Å². The highest BCUT2D eigenvalue weighted by Gasteiger charge is 2.15. The number of hydrogen-bond acceptors (Lipinski definition) is 5. The van der Waals surface area contributed by atoms with Crippen LogP contribution in [0, 0.1) is 0 Å². The number of imidazole rings is 1. The van der Waals surface area contributed by atoms with Crippen molar-refractivity contribution in [3.63, 3.8) is 0 Å². The van der Waals surface area contributed by atoms with Crippen molar-refractivity contribution in [3.8, 4) is 0 Å². The molecular weight excluding hydrogens is 236 g/mol. The molecule has 0 atom stereocenters. The predicted molar refractivity (Wildman–Crippen MR) is 61.7 cm³/mol. The van der Waals surface area contributed by atoms with Crippen LogP contribution in [0.1, 0.15) is 21.0 Å². The van der Waals surface area contributed by atoms with Crippen LogP contribution in [0.2, 0.25) is 0 Å². The van der Waals surface area contributed by atoms with Gasteiger partial charge in [-0.25, -0.2) is 4.98 Å². The third-order valence-corrected chi connectivity index (χ3v) is 2.23. The quantitative estimate of drug-likeness (QED) is 0.635. The fourth-order valence-electron chi connectivity index (χ4n) is 1.38. The first-order valence-electron chi connectivity index (χ1n) is 4.99. The van der Waals surface area contributed by atoms with Crippen molar-refractivity contribution >= 4 is 23.3 Å². The topological polar surface area (TPSA) is 124 Å². The number of nitrogens with two attached hydrogens (primary N) is 1. The number of amides is 1. The molecule has 4 N–H and O–H groups in total. The first-order valence-corrected chi connectivity index (χ1v) is 4.99. The van der Waals surface area contributed by atoms with E-state index >= 15 is 0 Å². The van der Waals surface area contributed by atoms with E-state index in [0.29, 0.717) is 11.4 Å². The van der Waals surface area contributed by atoms with E-state index in [0.717, 1.165) is 6.33 Å². The first kappa shape index (κ1) is 11.6. The van der Waals surface area contributed by atoms with Crippen LogP contribution in [0.5, 0.6) is 0 Å². The second-order valence-corrected chi connectivity index (χ2v) is 3.49. The first-order chi connectivity index (χ1) is 8.58. The standard InChI is InChI=1S/C11H10N4O3/c12-6-1-3-7(4-2-6)15-10(16)8-9(11(17)18)14-5-13-8/h1-5H,12H2,(H,13,14)(H,15,16)(H,17,18)/p-1. The largest absolute Gasteiger partial charge is 0.543 e. The number of carboxylic acids is 1. The summed E-state index contributed by atoms with van der Waals surface area (Å²) in [4.78, 5) is 28.4. The highest BCUT2D eigenvalue weighted by molar-refractivity contribution is 6.08. The number of carboxylic acid groups (broad SMARTS) is 1. The van der Waals surface area contributed by atoms with Crippen LogP contribution in [-0.2, 0) is 0 Å². The van der Waals surface area contributed by atoms with Crippen molar-refractivity contribution in [1.82, 2.24) is 9.97 Å². The molecule has 1 amide bonds. The van der Waals surface area contributed by atoms with Gasteiger partial charge in [0, 0.05) is 11.4 Å². The smallest absolute Gasteiger partial charge is 0.276 e. The maximum atomic E-state index is 11.8. The van der Waals surface area contributed by atoms with Crippen molar-refractivity contribution in [2.75, 3.05) is 11.1 Å². The lowest BCUT2D eigenvalue weighted by Crippen LogP contribution is -2.26. The summed E-state index contributed by atoms with van der Waals surface area (Å²) in [6.07, 6.45) is 1.11. The second kappa shape index (κ2) is 4.58. The van der Waals surface area contributed by atoms with Gasteiger partial charge in [0.2, 0.25) is 0 Å². The second-order valence-electron chi connectivity index (χ2n) is 3.49. The van der Waals surface area contributed by atoms with Gasteiger partial charge in [0.25, 0.3) is 5.91 Å². The zero-order valence-corrected chi connectivity index (χ0v) is 9.14. The lowest BCUT2D eigenvalue weighted by atomic mass is 10.2. The molecule has 0 fully saturated rings. The molecular formula is C11H9N4O3-. The summed E-state index contributed by atoms with van der Waals surface area (Å²) < 4.78 is 0. The number of carbonyl (C=O) groups excluding carboxylic acids is 2. The predicted octanol–water partition coefficient (Wildman–Crippen LogP) is -0.392. The normalized spacial score (nSPS) is 10.0. The number of H-pyrrole nitrogens is 1. The van der Waals surface area contributed by atoms with Crippen LogP contribution >= 0.6 is 0 Å². The molecule has 7 nitrogen and oxygen atoms in total. The fourth-order valence-corrected chi connectivity index (χ4v) is 1.38. The molecule has 2 aromatic rings. The molecule has 0 bridgehead atoms. The number of rotatable bonds is 3. The molecule has 0 radical (unpaired) electrons. The zero-order valence-electron chi connectivity index (χ0n) is 9.14. The number of carbonyl (C=O) groups is 2. The minimum atomic E-state index is -1.49. The molecule has 0 spiro atoms. The zero-order chi connectivity index (χ0) is 13.1. The van der Waals surface area contributed by atoms with Gasteiger partial charge in [0.15, 0.2) is 5.69 Å². The van der Waals surface area contributed by atoms with E-state index in [2.05, 4.69) is 15.3 Å². The molecule has 1 heterocycles. The number of aromatic nitrogens is 2. The number of nitrogens with one attached hydrogen (secondary N) is 2. The van der Waals surface area contributed by atoms with Crippen LogP contribution in [-0.4, -0.2) is 21.8 Å². The van der Waals surface area contributed by atoms with E-state index in [-0.39, 0.29) is 11.4 Å². The molecule has 18 heavy (non-hydrogen) atoms. The molecule has 1 aromatic carbocycles. The monoisotopic (exact) mass is 245 g/mol. The van der Waals surface area contributed by atoms with Gasteiger partial charge in [-0.15, -0.1) is 0 Å². The van der Waals surface area contributed by atoms with E-state index in [1.807, 2.05) is 0 Å². The summed E-state index contributed by atoms with van der Waals surface area (Å²) in [6, 6.07) is 6.41. The van der Waals surface area contributed by atoms with Crippen LogP contribution in [0.4, 0.5) is 11.4 Å². The Morgan fingerprint density at radius 1 is 1.28 bits per heavy atom. The molecule has 7 heteroatoms. The Balaban J connectivity index is 2.19. The Kier molecular flexibility index (Phi) is 2.96. The van der Waals surface area contributed by atoms with E-state index in [1.54, 1.807) is 24.3 Å². The molecule has 0 aliphatic heterocycles. The fraction of sp³-hybridized carbons (Fsp3) is 0. The van der Waals surface area contributed by atoms with Gasteiger partial charge >= 0.3 is 0 Å². The average Bonchev–Trinajstić information content (AvgIpc) is 2.81. The van der Waals surface area contributed by atoms with Gasteiger partial charge in [-0.3, -0.25) is 4.79 Å². The molecule has 0 unspecified atom stereocenters. The number of nitrogen functional groups attached to an aromatic ring is 1. The van der Waals surface area contributed by atoms with Crippen LogP contribution < -0.4 is 16.2 Å². The Hall–Kier alpha value is -2.83. The number of anilines is 2. The van der Waals surface area contributed by atoms with Gasteiger partial charge in [0.05, 0.1) is 18.0 Å². The molecule has 2 rings (SSSR count). The summed E-state index contributed by atoms with van der Waals surface area (Å²) in [7, 11) is 0. The summed E-state index contributed by atoms with van der Waals surface area (Å²) in [5.74, 6) is -2.13. The number of benzene rings is 1. The third-order valence-electron chi connectivity index (χ3n) is 2.23. The highest BCUT2D eigenvalue weighted by atomic mass is 16.4. The van der Waals surface area contributed by atoms with E-state index in [4.69, 9.17) is 5.73 Å². The van der Waals surface area contributed by atoms with E-state index in [9.17, 15) is 14.7 Å². The molecule has 1 aromatic heterocycles. The Morgan fingerprint density at radius 2 is 1.94 bits per heavy atom. The lowest BCUT2D eigenvalue weighted by molar-refractivity contribution is -0.255. The summed E-state index contributed by atoms with van der Waals surface area (Å²) >= 11 is 0. The van der Waals surface area contributed by atoms with Gasteiger partial charge in [0.1, 0.15) is 0 Å². The van der Waals surface area contributed by atoms with Crippen molar-refractivity contribution in [2.24, 2.45) is 0 Å². The van der Waals surface area contributed by atoms with Gasteiger partial charge < -0.3 is 25.9 Å². The minimum absolute atomic E-state index is 0.230. The molecule has 92 valence electrons. The maximum absolute atomic E-state index is 11.8. The SMILES string of the molecule is Nc1ccc(NC(=O)c2nc[nH]c2C(=O)[O-])cc1. The average molecular weight is 245 g/mol. The van der Waals surface area contributed by atoms with Crippen molar-refractivity contribution in [3.05, 3.63) is 42.0 Å². The van der Waals surface area contributed by atoms with E-state index in [1.165, 1.54) is 0 Å². The summed E-state index contributed by atoms with van der Waals surface area (Å²) in [5, 5.41) is 13.2. The molecule has 0 aliphatic rings. The number of nitrogens with zero attached hydrogens (tertiary/aromatic N) is 1. The van der Waals surface area contributed by atoms with Gasteiger partial charge in [-0.2, -0.15) is 0 Å².